The number of anilines is 1. The fourth-order valence-corrected chi connectivity index (χ4v) is 3.98. The topological polar surface area (TPSA) is 53.8 Å². The highest BCUT2D eigenvalue weighted by molar-refractivity contribution is 5.57. The maximum Gasteiger partial charge on any atom is 0.146 e. The van der Waals surface area contributed by atoms with Crippen LogP contribution in [0, 0.1) is 5.82 Å². The maximum atomic E-state index is 14.8. The predicted octanol–water partition coefficient (Wildman–Crippen LogP) is 2.97. The monoisotopic (exact) mass is 410 g/mol. The lowest BCUT2D eigenvalue weighted by Gasteiger charge is -2.37. The van der Waals surface area contributed by atoms with Crippen LogP contribution < -0.4 is 9.64 Å². The lowest BCUT2D eigenvalue weighted by atomic mass is 10.0. The fraction of sp³-hybridized carbons (Fsp3) is 0.348. The zero-order valence-corrected chi connectivity index (χ0v) is 17.3. The zero-order valence-electron chi connectivity index (χ0n) is 17.3. The summed E-state index contributed by atoms with van der Waals surface area (Å²) >= 11 is 0. The van der Waals surface area contributed by atoms with Crippen molar-refractivity contribution in [1.29, 1.82) is 0 Å². The fourth-order valence-electron chi connectivity index (χ4n) is 3.98. The highest BCUT2D eigenvalue weighted by Crippen LogP contribution is 2.33. The number of piperazine rings is 1. The van der Waals surface area contributed by atoms with Crippen molar-refractivity contribution in [3.05, 3.63) is 77.6 Å². The third kappa shape index (κ3) is 4.17. The van der Waals surface area contributed by atoms with Crippen LogP contribution in [-0.2, 0) is 13.6 Å². The van der Waals surface area contributed by atoms with Gasteiger partial charge in [0.15, 0.2) is 0 Å². The van der Waals surface area contributed by atoms with Crippen LogP contribution in [0.15, 0.2) is 54.9 Å². The molecular formula is C23H27FN4O2. The van der Waals surface area contributed by atoms with Gasteiger partial charge in [-0.05, 0) is 23.8 Å². The average molecular weight is 410 g/mol. The van der Waals surface area contributed by atoms with Gasteiger partial charge in [0.1, 0.15) is 23.5 Å². The summed E-state index contributed by atoms with van der Waals surface area (Å²) in [6, 6.07) is 13.0. The molecule has 1 fully saturated rings. The van der Waals surface area contributed by atoms with Gasteiger partial charge in [-0.2, -0.15) is 0 Å². The molecule has 0 unspecified atom stereocenters. The van der Waals surface area contributed by atoms with E-state index in [4.69, 9.17) is 4.74 Å². The molecule has 1 N–H and O–H groups in total. The van der Waals surface area contributed by atoms with Crippen LogP contribution in [-0.4, -0.2) is 52.8 Å². The number of aryl methyl sites for hydroxylation is 1. The van der Waals surface area contributed by atoms with Gasteiger partial charge in [0.05, 0.1) is 12.8 Å². The summed E-state index contributed by atoms with van der Waals surface area (Å²) in [6.07, 6.45) is 2.43. The normalized spacial score (nSPS) is 15.9. The van der Waals surface area contributed by atoms with Crippen LogP contribution in [0.25, 0.3) is 0 Å². The minimum absolute atomic E-state index is 0.315. The third-order valence-corrected chi connectivity index (χ3v) is 5.67. The molecule has 1 aliphatic heterocycles. The van der Waals surface area contributed by atoms with Gasteiger partial charge >= 0.3 is 0 Å². The van der Waals surface area contributed by atoms with E-state index in [0.29, 0.717) is 30.2 Å². The Morgan fingerprint density at radius 3 is 2.47 bits per heavy atom. The van der Waals surface area contributed by atoms with E-state index in [1.807, 2.05) is 24.1 Å². The molecule has 0 radical (unpaired) electrons. The first-order valence-corrected chi connectivity index (χ1v) is 10.1. The number of nitrogens with zero attached hydrogens (tertiary/aromatic N) is 4. The molecular weight excluding hydrogens is 383 g/mol. The molecule has 30 heavy (non-hydrogen) atoms. The van der Waals surface area contributed by atoms with E-state index in [1.165, 1.54) is 11.6 Å². The molecule has 158 valence electrons. The van der Waals surface area contributed by atoms with Crippen LogP contribution in [0.3, 0.4) is 0 Å². The first-order chi connectivity index (χ1) is 14.6. The molecule has 1 aromatic heterocycles. The van der Waals surface area contributed by atoms with E-state index in [1.54, 1.807) is 36.2 Å². The predicted molar refractivity (Wildman–Crippen MR) is 114 cm³/mol. The molecule has 0 spiro atoms. The standard InChI is InChI=1S/C23H27FN4O2/c1-26-11-10-25-23(26)22(29)19-4-3-5-20(24)21(19)28-14-12-27(13-15-28)16-17-6-8-18(30-2)9-7-17/h3-11,22,29H,12-16H2,1-2H3/t22-/m0/s1. The van der Waals surface area contributed by atoms with E-state index in [9.17, 15) is 9.50 Å². The summed E-state index contributed by atoms with van der Waals surface area (Å²) in [5.74, 6) is 1.03. The molecule has 1 aliphatic rings. The van der Waals surface area contributed by atoms with Crippen molar-refractivity contribution >= 4 is 5.69 Å². The minimum atomic E-state index is -0.979. The number of aliphatic hydroxyl groups excluding tert-OH is 1. The number of halogens is 1. The van der Waals surface area contributed by atoms with Crippen molar-refractivity contribution in [3.8, 4) is 5.75 Å². The Balaban J connectivity index is 1.47. The molecule has 1 atom stereocenters. The number of methoxy groups -OCH3 is 1. The highest BCUT2D eigenvalue weighted by atomic mass is 19.1. The number of hydrogen-bond donors (Lipinski definition) is 1. The first-order valence-electron chi connectivity index (χ1n) is 10.1. The van der Waals surface area contributed by atoms with Gasteiger partial charge in [-0.15, -0.1) is 0 Å². The summed E-state index contributed by atoms with van der Waals surface area (Å²) < 4.78 is 21.8. The lowest BCUT2D eigenvalue weighted by molar-refractivity contribution is 0.205. The molecule has 2 aromatic carbocycles. The number of rotatable bonds is 6. The Kier molecular flexibility index (Phi) is 6.01. The van der Waals surface area contributed by atoms with Crippen LogP contribution in [0.4, 0.5) is 10.1 Å². The molecule has 0 aliphatic carbocycles. The quantitative estimate of drug-likeness (QED) is 0.677. The molecule has 3 aromatic rings. The van der Waals surface area contributed by atoms with Crippen LogP contribution >= 0.6 is 0 Å². The number of ether oxygens (including phenoxy) is 1. The number of imidazole rings is 1. The molecule has 4 rings (SSSR count). The van der Waals surface area contributed by atoms with Gasteiger partial charge in [-0.3, -0.25) is 4.90 Å². The van der Waals surface area contributed by atoms with Crippen molar-refractivity contribution in [1.82, 2.24) is 14.5 Å². The third-order valence-electron chi connectivity index (χ3n) is 5.67. The number of para-hydroxylation sites is 1. The Bertz CT molecular complexity index is 981. The Labute approximate surface area is 176 Å². The molecule has 1 saturated heterocycles. The summed E-state index contributed by atoms with van der Waals surface area (Å²) in [6.45, 7) is 3.86. The molecule has 6 nitrogen and oxygen atoms in total. The van der Waals surface area contributed by atoms with Gasteiger partial charge in [0.25, 0.3) is 0 Å². The van der Waals surface area contributed by atoms with Gasteiger partial charge < -0.3 is 19.3 Å². The van der Waals surface area contributed by atoms with Gasteiger partial charge in [0, 0.05) is 57.7 Å². The highest BCUT2D eigenvalue weighted by Gasteiger charge is 2.26. The second-order valence-corrected chi connectivity index (χ2v) is 7.59. The SMILES string of the molecule is COc1ccc(CN2CCN(c3c(F)cccc3[C@H](O)c3nccn3C)CC2)cc1. The Morgan fingerprint density at radius 1 is 1.10 bits per heavy atom. The Morgan fingerprint density at radius 2 is 1.83 bits per heavy atom. The first kappa shape index (κ1) is 20.4. The molecule has 0 amide bonds. The van der Waals surface area contributed by atoms with Crippen molar-refractivity contribution in [3.63, 3.8) is 0 Å². The molecule has 0 saturated carbocycles. The van der Waals surface area contributed by atoms with Crippen molar-refractivity contribution in [2.45, 2.75) is 12.6 Å². The second kappa shape index (κ2) is 8.85. The molecule has 0 bridgehead atoms. The number of aliphatic hydroxyl groups is 1. The second-order valence-electron chi connectivity index (χ2n) is 7.59. The van der Waals surface area contributed by atoms with Crippen molar-refractivity contribution in [2.75, 3.05) is 38.2 Å². The lowest BCUT2D eigenvalue weighted by Crippen LogP contribution is -2.46. The van der Waals surface area contributed by atoms with E-state index in [-0.39, 0.29) is 5.82 Å². The summed E-state index contributed by atoms with van der Waals surface area (Å²) in [4.78, 5) is 8.62. The summed E-state index contributed by atoms with van der Waals surface area (Å²) in [5.41, 5.74) is 2.24. The summed E-state index contributed by atoms with van der Waals surface area (Å²) in [5, 5.41) is 10.9. The number of benzene rings is 2. The van der Waals surface area contributed by atoms with Crippen LogP contribution in [0.1, 0.15) is 23.1 Å². The number of aromatic nitrogens is 2. The smallest absolute Gasteiger partial charge is 0.146 e. The van der Waals surface area contributed by atoms with Crippen molar-refractivity contribution in [2.24, 2.45) is 7.05 Å². The molecule has 7 heteroatoms. The van der Waals surface area contributed by atoms with E-state index in [0.717, 1.165) is 25.4 Å². The van der Waals surface area contributed by atoms with E-state index in [2.05, 4.69) is 22.0 Å². The van der Waals surface area contributed by atoms with Crippen molar-refractivity contribution < 1.29 is 14.2 Å². The average Bonchev–Trinajstić information content (AvgIpc) is 3.20. The van der Waals surface area contributed by atoms with Gasteiger partial charge in [-0.1, -0.05) is 24.3 Å². The van der Waals surface area contributed by atoms with E-state index < -0.39 is 6.10 Å². The van der Waals surface area contributed by atoms with Crippen LogP contribution in [0.5, 0.6) is 5.75 Å². The largest absolute Gasteiger partial charge is 0.497 e. The van der Waals surface area contributed by atoms with Crippen LogP contribution in [0.2, 0.25) is 0 Å². The molecule has 2 heterocycles. The summed E-state index contributed by atoms with van der Waals surface area (Å²) in [7, 11) is 3.48. The minimum Gasteiger partial charge on any atom is -0.497 e. The van der Waals surface area contributed by atoms with Gasteiger partial charge in [-0.25, -0.2) is 9.37 Å². The maximum absolute atomic E-state index is 14.8. The van der Waals surface area contributed by atoms with Gasteiger partial charge in [0.2, 0.25) is 0 Å². The zero-order chi connectivity index (χ0) is 21.1. The van der Waals surface area contributed by atoms with E-state index >= 15 is 0 Å². The number of hydrogen-bond acceptors (Lipinski definition) is 5. The Hall–Kier alpha value is -2.90.